The molecule has 3 heterocycles. The third-order valence-corrected chi connectivity index (χ3v) is 4.35. The first kappa shape index (κ1) is 16.6. The topological polar surface area (TPSA) is 55.3 Å². The number of nitrogens with zero attached hydrogens (tertiary/aromatic N) is 3. The zero-order valence-corrected chi connectivity index (χ0v) is 13.7. The number of halogens is 2. The molecule has 0 aromatic carbocycles. The van der Waals surface area contributed by atoms with Crippen LogP contribution in [-0.4, -0.2) is 40.5 Å². The van der Waals surface area contributed by atoms with Crippen molar-refractivity contribution >= 4 is 17.5 Å². The summed E-state index contributed by atoms with van der Waals surface area (Å²) in [4.78, 5) is 21.7. The largest absolute Gasteiger partial charge is 0.492 e. The van der Waals surface area contributed by atoms with Crippen LogP contribution in [0.3, 0.4) is 0 Å². The maximum atomic E-state index is 13.2. The maximum Gasteiger partial charge on any atom is 0.255 e. The van der Waals surface area contributed by atoms with E-state index in [0.29, 0.717) is 36.4 Å². The van der Waals surface area contributed by atoms with Crippen LogP contribution in [0.1, 0.15) is 23.2 Å². The first-order chi connectivity index (χ1) is 11.6. The lowest BCUT2D eigenvalue weighted by atomic mass is 9.97. The Morgan fingerprint density at radius 2 is 2.08 bits per heavy atom. The molecule has 2 aromatic heterocycles. The SMILES string of the molecule is O=C(c1cncc(F)c1)N1CCC(COc2ccncc2Cl)CC1. The zero-order valence-electron chi connectivity index (χ0n) is 13.0. The van der Waals surface area contributed by atoms with E-state index < -0.39 is 5.82 Å². The van der Waals surface area contributed by atoms with Crippen LogP contribution in [0.2, 0.25) is 5.02 Å². The van der Waals surface area contributed by atoms with E-state index in [4.69, 9.17) is 16.3 Å². The average molecular weight is 350 g/mol. The molecule has 1 amide bonds. The van der Waals surface area contributed by atoms with E-state index in [-0.39, 0.29) is 11.5 Å². The van der Waals surface area contributed by atoms with E-state index in [9.17, 15) is 9.18 Å². The van der Waals surface area contributed by atoms with Crippen molar-refractivity contribution in [2.45, 2.75) is 12.8 Å². The van der Waals surface area contributed by atoms with Crippen LogP contribution in [0.15, 0.2) is 36.9 Å². The fourth-order valence-electron chi connectivity index (χ4n) is 2.70. The molecule has 1 saturated heterocycles. The highest BCUT2D eigenvalue weighted by Crippen LogP contribution is 2.25. The van der Waals surface area contributed by atoms with Crippen LogP contribution in [0.25, 0.3) is 0 Å². The van der Waals surface area contributed by atoms with Gasteiger partial charge in [-0.25, -0.2) is 4.39 Å². The molecule has 1 fully saturated rings. The minimum Gasteiger partial charge on any atom is -0.492 e. The number of carbonyl (C=O) groups excluding carboxylic acids is 1. The zero-order chi connectivity index (χ0) is 16.9. The number of carbonyl (C=O) groups is 1. The summed E-state index contributed by atoms with van der Waals surface area (Å²) in [6.45, 7) is 1.79. The third kappa shape index (κ3) is 4.00. The van der Waals surface area contributed by atoms with E-state index in [1.807, 2.05) is 0 Å². The smallest absolute Gasteiger partial charge is 0.255 e. The molecular formula is C17H17ClFN3O2. The molecule has 0 aliphatic carbocycles. The Balaban J connectivity index is 1.51. The summed E-state index contributed by atoms with van der Waals surface area (Å²) in [5.74, 6) is 0.289. The lowest BCUT2D eigenvalue weighted by Crippen LogP contribution is -2.39. The molecule has 0 spiro atoms. The van der Waals surface area contributed by atoms with Gasteiger partial charge in [-0.15, -0.1) is 0 Å². The Morgan fingerprint density at radius 1 is 1.29 bits per heavy atom. The van der Waals surface area contributed by atoms with Crippen LogP contribution in [-0.2, 0) is 0 Å². The minimum atomic E-state index is -0.502. The molecule has 0 atom stereocenters. The van der Waals surface area contributed by atoms with Crippen molar-refractivity contribution in [3.05, 3.63) is 53.3 Å². The molecule has 7 heteroatoms. The quantitative estimate of drug-likeness (QED) is 0.850. The summed E-state index contributed by atoms with van der Waals surface area (Å²) in [6, 6.07) is 2.95. The average Bonchev–Trinajstić information content (AvgIpc) is 2.61. The van der Waals surface area contributed by atoms with Gasteiger partial charge in [0.1, 0.15) is 16.6 Å². The number of piperidine rings is 1. The number of likely N-dealkylation sites (tertiary alicyclic amines) is 1. The van der Waals surface area contributed by atoms with Gasteiger partial charge in [0.25, 0.3) is 5.91 Å². The van der Waals surface area contributed by atoms with Gasteiger partial charge in [-0.2, -0.15) is 0 Å². The van der Waals surface area contributed by atoms with Crippen LogP contribution < -0.4 is 4.74 Å². The number of aromatic nitrogens is 2. The van der Waals surface area contributed by atoms with Crippen LogP contribution in [0.5, 0.6) is 5.75 Å². The van der Waals surface area contributed by atoms with Crippen LogP contribution in [0.4, 0.5) is 4.39 Å². The lowest BCUT2D eigenvalue weighted by Gasteiger charge is -2.32. The summed E-state index contributed by atoms with van der Waals surface area (Å²) >= 11 is 6.01. The first-order valence-electron chi connectivity index (χ1n) is 7.75. The van der Waals surface area contributed by atoms with Gasteiger partial charge in [-0.3, -0.25) is 14.8 Å². The summed E-state index contributed by atoms with van der Waals surface area (Å²) < 4.78 is 18.9. The number of pyridine rings is 2. The second-order valence-electron chi connectivity index (χ2n) is 5.74. The number of hydrogen-bond donors (Lipinski definition) is 0. The highest BCUT2D eigenvalue weighted by Gasteiger charge is 2.24. The Kier molecular flexibility index (Phi) is 5.25. The molecule has 0 saturated carbocycles. The van der Waals surface area contributed by atoms with E-state index in [1.54, 1.807) is 23.4 Å². The number of hydrogen-bond acceptors (Lipinski definition) is 4. The van der Waals surface area contributed by atoms with Crippen LogP contribution in [0, 0.1) is 11.7 Å². The normalized spacial score (nSPS) is 15.3. The standard InChI is InChI=1S/C17H17ClFN3O2/c18-15-10-20-4-1-16(15)24-11-12-2-5-22(6-3-12)17(23)13-7-14(19)9-21-8-13/h1,4,7-10,12H,2-3,5-6,11H2. The van der Waals surface area contributed by atoms with Crippen molar-refractivity contribution in [1.82, 2.24) is 14.9 Å². The Labute approximate surface area is 144 Å². The molecule has 1 aliphatic heterocycles. The predicted molar refractivity (Wildman–Crippen MR) is 87.6 cm³/mol. The van der Waals surface area contributed by atoms with Gasteiger partial charge in [-0.05, 0) is 24.8 Å². The summed E-state index contributed by atoms with van der Waals surface area (Å²) in [5.41, 5.74) is 0.285. The van der Waals surface area contributed by atoms with E-state index in [2.05, 4.69) is 9.97 Å². The molecule has 3 rings (SSSR count). The van der Waals surface area contributed by atoms with Gasteiger partial charge in [0.2, 0.25) is 0 Å². The van der Waals surface area contributed by atoms with Crippen LogP contribution >= 0.6 is 11.6 Å². The highest BCUT2D eigenvalue weighted by molar-refractivity contribution is 6.31. The third-order valence-electron chi connectivity index (χ3n) is 4.06. The molecule has 1 aliphatic rings. The number of rotatable bonds is 4. The highest BCUT2D eigenvalue weighted by atomic mass is 35.5. The number of ether oxygens (including phenoxy) is 1. The lowest BCUT2D eigenvalue weighted by molar-refractivity contribution is 0.0660. The Morgan fingerprint density at radius 3 is 2.79 bits per heavy atom. The molecule has 0 N–H and O–H groups in total. The molecule has 24 heavy (non-hydrogen) atoms. The van der Waals surface area contributed by atoms with E-state index >= 15 is 0 Å². The fraction of sp³-hybridized carbons (Fsp3) is 0.353. The molecule has 5 nitrogen and oxygen atoms in total. The molecule has 0 bridgehead atoms. The summed E-state index contributed by atoms with van der Waals surface area (Å²) in [7, 11) is 0. The number of amides is 1. The van der Waals surface area contributed by atoms with Crippen molar-refractivity contribution in [2.24, 2.45) is 5.92 Å². The minimum absolute atomic E-state index is 0.182. The fourth-order valence-corrected chi connectivity index (χ4v) is 2.88. The molecule has 0 unspecified atom stereocenters. The maximum absolute atomic E-state index is 13.2. The monoisotopic (exact) mass is 349 g/mol. The molecule has 0 radical (unpaired) electrons. The van der Waals surface area contributed by atoms with Crippen molar-refractivity contribution in [3.63, 3.8) is 0 Å². The predicted octanol–water partition coefficient (Wildman–Crippen LogP) is 3.20. The van der Waals surface area contributed by atoms with Gasteiger partial charge in [0, 0.05) is 37.7 Å². The second kappa shape index (κ2) is 7.57. The van der Waals surface area contributed by atoms with Crippen molar-refractivity contribution in [3.8, 4) is 5.75 Å². The summed E-state index contributed by atoms with van der Waals surface area (Å²) in [5, 5.41) is 0.490. The van der Waals surface area contributed by atoms with Gasteiger partial charge in [0.05, 0.1) is 18.4 Å². The van der Waals surface area contributed by atoms with Crippen molar-refractivity contribution in [1.29, 1.82) is 0 Å². The van der Waals surface area contributed by atoms with E-state index in [1.165, 1.54) is 12.3 Å². The van der Waals surface area contributed by atoms with Gasteiger partial charge < -0.3 is 9.64 Å². The van der Waals surface area contributed by atoms with Gasteiger partial charge in [0.15, 0.2) is 0 Å². The Bertz CT molecular complexity index is 720. The van der Waals surface area contributed by atoms with Gasteiger partial charge in [-0.1, -0.05) is 11.6 Å². The molecule has 2 aromatic rings. The molecular weight excluding hydrogens is 333 g/mol. The Hall–Kier alpha value is -2.21. The van der Waals surface area contributed by atoms with Gasteiger partial charge >= 0.3 is 0 Å². The first-order valence-corrected chi connectivity index (χ1v) is 8.13. The van der Waals surface area contributed by atoms with Crippen molar-refractivity contribution < 1.29 is 13.9 Å². The molecule has 126 valence electrons. The second-order valence-corrected chi connectivity index (χ2v) is 6.15. The van der Waals surface area contributed by atoms with Crippen molar-refractivity contribution in [2.75, 3.05) is 19.7 Å². The summed E-state index contributed by atoms with van der Waals surface area (Å²) in [6.07, 6.45) is 7.33. The van der Waals surface area contributed by atoms with E-state index in [0.717, 1.165) is 19.0 Å².